The summed E-state index contributed by atoms with van der Waals surface area (Å²) in [6.07, 6.45) is 3.04. The van der Waals surface area contributed by atoms with E-state index in [4.69, 9.17) is 9.47 Å². The van der Waals surface area contributed by atoms with Crippen molar-refractivity contribution in [2.75, 3.05) is 6.61 Å². The van der Waals surface area contributed by atoms with Crippen LogP contribution in [0.2, 0.25) is 0 Å². The molecule has 1 atom stereocenters. The number of carbonyl (C=O) groups is 2. The van der Waals surface area contributed by atoms with Gasteiger partial charge < -0.3 is 14.8 Å². The number of rotatable bonds is 1. The average molecular weight is 181 g/mol. The van der Waals surface area contributed by atoms with Crippen molar-refractivity contribution in [1.82, 2.24) is 5.32 Å². The summed E-state index contributed by atoms with van der Waals surface area (Å²) in [4.78, 5) is 21.2. The molecule has 5 heteroatoms. The molecule has 1 N–H and O–H groups in total. The lowest BCUT2D eigenvalue weighted by atomic mass is 10.2. The summed E-state index contributed by atoms with van der Waals surface area (Å²) >= 11 is 0. The lowest BCUT2D eigenvalue weighted by Gasteiger charge is -2.28. The van der Waals surface area contributed by atoms with Crippen LogP contribution in [0.1, 0.15) is 0 Å². The van der Waals surface area contributed by atoms with Crippen molar-refractivity contribution in [3.8, 4) is 0 Å². The number of allylic oxidation sites excluding steroid dienone is 3. The van der Waals surface area contributed by atoms with Crippen LogP contribution in [0.5, 0.6) is 0 Å². The molecule has 1 saturated heterocycles. The van der Waals surface area contributed by atoms with E-state index in [9.17, 15) is 9.59 Å². The molecule has 0 aliphatic carbocycles. The van der Waals surface area contributed by atoms with Crippen molar-refractivity contribution in [2.24, 2.45) is 0 Å². The Hall–Kier alpha value is -1.78. The maximum atomic E-state index is 10.9. The molecule has 1 fully saturated rings. The monoisotopic (exact) mass is 181 g/mol. The molecule has 2 aliphatic rings. The first-order chi connectivity index (χ1) is 6.29. The van der Waals surface area contributed by atoms with Gasteiger partial charge in [0.15, 0.2) is 24.4 Å². The Labute approximate surface area is 74.0 Å². The molecule has 2 rings (SSSR count). The summed E-state index contributed by atoms with van der Waals surface area (Å²) in [6, 6.07) is 0. The molecule has 0 radical (unpaired) electrons. The van der Waals surface area contributed by atoms with Crippen molar-refractivity contribution in [3.63, 3.8) is 0 Å². The Morgan fingerprint density at radius 1 is 1.54 bits per heavy atom. The van der Waals surface area contributed by atoms with Gasteiger partial charge in [-0.05, 0) is 12.2 Å². The largest absolute Gasteiger partial charge is 0.482 e. The van der Waals surface area contributed by atoms with Crippen LogP contribution in [-0.4, -0.2) is 25.0 Å². The van der Waals surface area contributed by atoms with Gasteiger partial charge in [-0.15, -0.1) is 0 Å². The molecule has 1 unspecified atom stereocenters. The van der Waals surface area contributed by atoms with Crippen molar-refractivity contribution in [3.05, 3.63) is 23.7 Å². The Bertz CT molecular complexity index is 318. The molecule has 0 aromatic heterocycles. The second-order valence-electron chi connectivity index (χ2n) is 2.61. The molecule has 0 aromatic carbocycles. The smallest absolute Gasteiger partial charge is 0.261 e. The fraction of sp³-hybridized carbons (Fsp3) is 0.250. The molecule has 13 heavy (non-hydrogen) atoms. The van der Waals surface area contributed by atoms with Gasteiger partial charge in [0.1, 0.15) is 0 Å². The summed E-state index contributed by atoms with van der Waals surface area (Å²) in [5, 5.41) is 2.53. The molecule has 0 saturated carbocycles. The number of amides is 1. The van der Waals surface area contributed by atoms with E-state index in [2.05, 4.69) is 5.32 Å². The maximum Gasteiger partial charge on any atom is 0.261 e. The number of morpholine rings is 1. The number of hydrogen-bond donors (Lipinski definition) is 1. The van der Waals surface area contributed by atoms with Gasteiger partial charge in [-0.3, -0.25) is 9.59 Å². The second-order valence-corrected chi connectivity index (χ2v) is 2.61. The number of aldehydes is 1. The minimum Gasteiger partial charge on any atom is -0.482 e. The number of carbonyl (C=O) groups excluding carboxylic acids is 2. The van der Waals surface area contributed by atoms with E-state index in [0.29, 0.717) is 12.0 Å². The lowest BCUT2D eigenvalue weighted by molar-refractivity contribution is -0.134. The standard InChI is InChI=1S/C8H7NO4/c10-3-5-1-2-6-8(13-5)9-7(11)4-12-6/h1-3,8H,4H2,(H,9,11). The Balaban J connectivity index is 2.19. The topological polar surface area (TPSA) is 64.6 Å². The van der Waals surface area contributed by atoms with Gasteiger partial charge >= 0.3 is 0 Å². The SMILES string of the molecule is O=CC1=CC=C2OCC(=O)NC2O1. The fourth-order valence-electron chi connectivity index (χ4n) is 1.11. The van der Waals surface area contributed by atoms with Crippen LogP contribution in [-0.2, 0) is 19.1 Å². The van der Waals surface area contributed by atoms with Crippen LogP contribution in [0, 0.1) is 0 Å². The zero-order valence-corrected chi connectivity index (χ0v) is 6.65. The third-order valence-electron chi connectivity index (χ3n) is 1.70. The molecule has 5 nitrogen and oxygen atoms in total. The molecular formula is C8H7NO4. The van der Waals surface area contributed by atoms with Crippen LogP contribution >= 0.6 is 0 Å². The first-order valence-corrected chi connectivity index (χ1v) is 3.75. The van der Waals surface area contributed by atoms with Crippen molar-refractivity contribution < 1.29 is 19.1 Å². The van der Waals surface area contributed by atoms with E-state index < -0.39 is 6.23 Å². The van der Waals surface area contributed by atoms with Crippen molar-refractivity contribution >= 4 is 12.2 Å². The Morgan fingerprint density at radius 2 is 2.38 bits per heavy atom. The minimum atomic E-state index is -0.647. The van der Waals surface area contributed by atoms with Gasteiger partial charge in [-0.1, -0.05) is 0 Å². The van der Waals surface area contributed by atoms with E-state index >= 15 is 0 Å². The molecule has 0 spiro atoms. The van der Waals surface area contributed by atoms with Crippen LogP contribution in [0.15, 0.2) is 23.7 Å². The fourth-order valence-corrected chi connectivity index (χ4v) is 1.11. The third-order valence-corrected chi connectivity index (χ3v) is 1.70. The summed E-state index contributed by atoms with van der Waals surface area (Å²) in [6.45, 7) is -0.00401. The van der Waals surface area contributed by atoms with E-state index in [1.165, 1.54) is 6.08 Å². The quantitative estimate of drug-likeness (QED) is 0.551. The highest BCUT2D eigenvalue weighted by atomic mass is 16.6. The molecular weight excluding hydrogens is 174 g/mol. The first kappa shape index (κ1) is 7.85. The van der Waals surface area contributed by atoms with Gasteiger partial charge in [-0.2, -0.15) is 0 Å². The highest BCUT2D eigenvalue weighted by Crippen LogP contribution is 2.18. The van der Waals surface area contributed by atoms with Gasteiger partial charge in [0.25, 0.3) is 5.91 Å². The predicted octanol–water partition coefficient (Wildman–Crippen LogP) is -0.544. The second kappa shape index (κ2) is 2.93. The molecule has 0 bridgehead atoms. The highest BCUT2D eigenvalue weighted by molar-refractivity contribution is 5.79. The van der Waals surface area contributed by atoms with E-state index in [-0.39, 0.29) is 18.3 Å². The number of hydrogen-bond acceptors (Lipinski definition) is 4. The molecule has 2 aliphatic heterocycles. The lowest BCUT2D eigenvalue weighted by Crippen LogP contribution is -2.46. The van der Waals surface area contributed by atoms with Crippen molar-refractivity contribution in [2.45, 2.75) is 6.23 Å². The summed E-state index contributed by atoms with van der Waals surface area (Å²) in [5.41, 5.74) is 0. The van der Waals surface area contributed by atoms with Crippen LogP contribution in [0.25, 0.3) is 0 Å². The van der Waals surface area contributed by atoms with Crippen LogP contribution in [0.4, 0.5) is 0 Å². The van der Waals surface area contributed by atoms with Crippen molar-refractivity contribution in [1.29, 1.82) is 0 Å². The summed E-state index contributed by atoms with van der Waals surface area (Å²) in [7, 11) is 0. The van der Waals surface area contributed by atoms with E-state index in [1.54, 1.807) is 6.08 Å². The van der Waals surface area contributed by atoms with E-state index in [0.717, 1.165) is 0 Å². The summed E-state index contributed by atoms with van der Waals surface area (Å²) < 4.78 is 10.1. The van der Waals surface area contributed by atoms with Gasteiger partial charge in [0.05, 0.1) is 0 Å². The normalized spacial score (nSPS) is 25.5. The highest BCUT2D eigenvalue weighted by Gasteiger charge is 2.28. The van der Waals surface area contributed by atoms with Crippen LogP contribution < -0.4 is 5.32 Å². The number of fused-ring (bicyclic) bond motifs is 1. The first-order valence-electron chi connectivity index (χ1n) is 3.75. The number of ether oxygens (including phenoxy) is 2. The molecule has 0 aromatic rings. The molecule has 1 amide bonds. The predicted molar refractivity (Wildman–Crippen MR) is 41.2 cm³/mol. The minimum absolute atomic E-state index is 0.00401. The molecule has 2 heterocycles. The third kappa shape index (κ3) is 1.40. The zero-order valence-electron chi connectivity index (χ0n) is 6.65. The maximum absolute atomic E-state index is 10.9. The van der Waals surface area contributed by atoms with Gasteiger partial charge in [-0.25, -0.2) is 0 Å². The number of nitrogens with one attached hydrogen (secondary N) is 1. The Morgan fingerprint density at radius 3 is 3.15 bits per heavy atom. The van der Waals surface area contributed by atoms with Gasteiger partial charge in [0.2, 0.25) is 6.23 Å². The average Bonchev–Trinajstić information content (AvgIpc) is 2.16. The zero-order chi connectivity index (χ0) is 9.26. The van der Waals surface area contributed by atoms with Gasteiger partial charge in [0, 0.05) is 0 Å². The summed E-state index contributed by atoms with van der Waals surface area (Å²) in [5.74, 6) is 0.444. The van der Waals surface area contributed by atoms with E-state index in [1.807, 2.05) is 0 Å². The molecule has 68 valence electrons. The van der Waals surface area contributed by atoms with Crippen LogP contribution in [0.3, 0.4) is 0 Å². The Kier molecular flexibility index (Phi) is 1.77.